The lowest BCUT2D eigenvalue weighted by Crippen LogP contribution is -2.53. The molecule has 1 aliphatic heterocycles. The average Bonchev–Trinajstić information content (AvgIpc) is 3.59. The van der Waals surface area contributed by atoms with Crippen LogP contribution in [0.25, 0.3) is 32.7 Å². The number of fused-ring (bicyclic) bond motifs is 1. The summed E-state index contributed by atoms with van der Waals surface area (Å²) >= 11 is 1.67. The summed E-state index contributed by atoms with van der Waals surface area (Å²) in [6, 6.07) is 27.1. The van der Waals surface area contributed by atoms with E-state index in [1.165, 1.54) is 11.1 Å². The Morgan fingerprint density at radius 1 is 1.00 bits per heavy atom. The highest BCUT2D eigenvalue weighted by Crippen LogP contribution is 2.27. The van der Waals surface area contributed by atoms with E-state index in [-0.39, 0.29) is 6.61 Å². The van der Waals surface area contributed by atoms with E-state index in [1.807, 2.05) is 37.3 Å². The molecule has 0 saturated carbocycles. The molecule has 1 fully saturated rings. The summed E-state index contributed by atoms with van der Waals surface area (Å²) in [4.78, 5) is 9.25. The van der Waals surface area contributed by atoms with E-state index >= 15 is 0 Å². The standard InChI is InChI=1S/C32H34N4O3S/c1-22-18-35(20-28(37)21-38-29-12-13-32-30(17-29)33-23(2)40-32)14-15-36(22)19-27-16-31(39-34-27)26-10-8-25(9-11-26)24-6-4-3-5-7-24/h3-13,16-17,22,28,37H,14-15,18-21H2,1-2H3. The van der Waals surface area contributed by atoms with Gasteiger partial charge in [-0.3, -0.25) is 9.80 Å². The molecule has 0 amide bonds. The Bertz CT molecular complexity index is 1550. The lowest BCUT2D eigenvalue weighted by atomic mass is 10.0. The van der Waals surface area contributed by atoms with E-state index in [4.69, 9.17) is 9.26 Å². The second kappa shape index (κ2) is 11.9. The van der Waals surface area contributed by atoms with Gasteiger partial charge in [-0.2, -0.15) is 0 Å². The van der Waals surface area contributed by atoms with Gasteiger partial charge in [0.1, 0.15) is 18.5 Å². The third kappa shape index (κ3) is 6.26. The number of thiazole rings is 1. The fourth-order valence-corrected chi connectivity index (χ4v) is 6.12. The number of hydrogen-bond donors (Lipinski definition) is 1. The first kappa shape index (κ1) is 26.7. The minimum Gasteiger partial charge on any atom is -0.491 e. The first-order chi connectivity index (χ1) is 19.5. The molecule has 0 aliphatic carbocycles. The second-order valence-corrected chi connectivity index (χ2v) is 11.8. The topological polar surface area (TPSA) is 74.9 Å². The summed E-state index contributed by atoms with van der Waals surface area (Å²) in [5, 5.41) is 16.0. The number of piperazine rings is 1. The maximum Gasteiger partial charge on any atom is 0.167 e. The molecule has 2 atom stereocenters. The van der Waals surface area contributed by atoms with Crippen LogP contribution in [0.2, 0.25) is 0 Å². The molecule has 2 unspecified atom stereocenters. The first-order valence-electron chi connectivity index (χ1n) is 13.8. The molecule has 3 heterocycles. The maximum absolute atomic E-state index is 10.6. The number of aryl methyl sites for hydroxylation is 1. The number of hydrogen-bond acceptors (Lipinski definition) is 8. The molecule has 6 rings (SSSR count). The van der Waals surface area contributed by atoms with Crippen molar-refractivity contribution in [1.29, 1.82) is 0 Å². The number of benzene rings is 3. The van der Waals surface area contributed by atoms with Gasteiger partial charge < -0.3 is 14.4 Å². The van der Waals surface area contributed by atoms with E-state index in [0.29, 0.717) is 12.6 Å². The lowest BCUT2D eigenvalue weighted by molar-refractivity contribution is 0.0250. The van der Waals surface area contributed by atoms with Gasteiger partial charge in [0, 0.05) is 56.5 Å². The van der Waals surface area contributed by atoms with E-state index < -0.39 is 6.10 Å². The first-order valence-corrected chi connectivity index (χ1v) is 14.6. The van der Waals surface area contributed by atoms with Crippen molar-refractivity contribution in [3.05, 3.63) is 89.6 Å². The monoisotopic (exact) mass is 554 g/mol. The van der Waals surface area contributed by atoms with Crippen LogP contribution >= 0.6 is 11.3 Å². The Morgan fingerprint density at radius 2 is 1.77 bits per heavy atom. The summed E-state index contributed by atoms with van der Waals surface area (Å²) < 4.78 is 12.7. The molecule has 206 valence electrons. The van der Waals surface area contributed by atoms with Gasteiger partial charge >= 0.3 is 0 Å². The Balaban J connectivity index is 0.978. The van der Waals surface area contributed by atoms with Gasteiger partial charge in [0.05, 0.1) is 20.9 Å². The van der Waals surface area contributed by atoms with E-state index in [9.17, 15) is 5.11 Å². The van der Waals surface area contributed by atoms with Crippen molar-refractivity contribution in [3.63, 3.8) is 0 Å². The molecule has 1 aliphatic rings. The third-order valence-electron chi connectivity index (χ3n) is 7.43. The van der Waals surface area contributed by atoms with Crippen molar-refractivity contribution in [2.75, 3.05) is 32.8 Å². The quantitative estimate of drug-likeness (QED) is 0.244. The Hall–Kier alpha value is -3.56. The van der Waals surface area contributed by atoms with Gasteiger partial charge in [-0.1, -0.05) is 59.8 Å². The van der Waals surface area contributed by atoms with Crippen molar-refractivity contribution in [2.45, 2.75) is 32.5 Å². The van der Waals surface area contributed by atoms with Crippen LogP contribution < -0.4 is 4.74 Å². The van der Waals surface area contributed by atoms with Gasteiger partial charge in [0.25, 0.3) is 0 Å². The van der Waals surface area contributed by atoms with E-state index in [1.54, 1.807) is 11.3 Å². The normalized spacial score (nSPS) is 17.3. The molecule has 7 nitrogen and oxygen atoms in total. The molecule has 40 heavy (non-hydrogen) atoms. The summed E-state index contributed by atoms with van der Waals surface area (Å²) in [5.74, 6) is 1.53. The van der Waals surface area contributed by atoms with Crippen molar-refractivity contribution < 1.29 is 14.4 Å². The van der Waals surface area contributed by atoms with Gasteiger partial charge in [-0.15, -0.1) is 11.3 Å². The number of β-amino-alcohol motifs (C(OH)–C–C–N with tert-alkyl or cyclic N) is 1. The molecule has 2 aromatic heterocycles. The van der Waals surface area contributed by atoms with E-state index in [0.717, 1.165) is 64.2 Å². The zero-order chi connectivity index (χ0) is 27.5. The van der Waals surface area contributed by atoms with Crippen molar-refractivity contribution in [3.8, 4) is 28.2 Å². The van der Waals surface area contributed by atoms with Crippen molar-refractivity contribution in [1.82, 2.24) is 19.9 Å². The van der Waals surface area contributed by atoms with Crippen LogP contribution in [-0.2, 0) is 6.54 Å². The Morgan fingerprint density at radius 3 is 2.58 bits per heavy atom. The third-order valence-corrected chi connectivity index (χ3v) is 8.38. The average molecular weight is 555 g/mol. The van der Waals surface area contributed by atoms with Gasteiger partial charge in [-0.05, 0) is 37.1 Å². The highest BCUT2D eigenvalue weighted by atomic mass is 32.1. The van der Waals surface area contributed by atoms with Crippen LogP contribution in [0, 0.1) is 6.92 Å². The molecule has 0 spiro atoms. The fourth-order valence-electron chi connectivity index (χ4n) is 5.31. The van der Waals surface area contributed by atoms with Gasteiger partial charge in [0.15, 0.2) is 5.76 Å². The van der Waals surface area contributed by atoms with Crippen LogP contribution in [0.1, 0.15) is 17.6 Å². The second-order valence-electron chi connectivity index (χ2n) is 10.5. The Labute approximate surface area is 238 Å². The fraction of sp³-hybridized carbons (Fsp3) is 0.312. The molecule has 0 radical (unpaired) electrons. The SMILES string of the molecule is Cc1nc2cc(OCC(O)CN3CCN(Cc4cc(-c5ccc(-c6ccccc6)cc5)on4)C(C)C3)ccc2s1. The number of nitrogens with zero attached hydrogens (tertiary/aromatic N) is 4. The zero-order valence-corrected chi connectivity index (χ0v) is 23.7. The number of aromatic nitrogens is 2. The predicted molar refractivity (Wildman–Crippen MR) is 160 cm³/mol. The van der Waals surface area contributed by atoms with Crippen molar-refractivity contribution >= 4 is 21.6 Å². The van der Waals surface area contributed by atoms with E-state index in [2.05, 4.69) is 75.4 Å². The van der Waals surface area contributed by atoms with Gasteiger partial charge in [0.2, 0.25) is 0 Å². The number of ether oxygens (including phenoxy) is 1. The van der Waals surface area contributed by atoms with Crippen LogP contribution in [0.4, 0.5) is 0 Å². The largest absolute Gasteiger partial charge is 0.491 e. The van der Waals surface area contributed by atoms with Gasteiger partial charge in [-0.25, -0.2) is 4.98 Å². The molecule has 3 aromatic carbocycles. The number of aliphatic hydroxyl groups is 1. The molecule has 8 heteroatoms. The summed E-state index contributed by atoms with van der Waals surface area (Å²) in [7, 11) is 0. The summed E-state index contributed by atoms with van der Waals surface area (Å²) in [6.45, 7) is 8.49. The summed E-state index contributed by atoms with van der Waals surface area (Å²) in [6.07, 6.45) is -0.557. The molecular weight excluding hydrogens is 520 g/mol. The zero-order valence-electron chi connectivity index (χ0n) is 22.9. The van der Waals surface area contributed by atoms with Crippen LogP contribution in [0.3, 0.4) is 0 Å². The Kier molecular flexibility index (Phi) is 7.93. The number of rotatable bonds is 9. The highest BCUT2D eigenvalue weighted by Gasteiger charge is 2.26. The van der Waals surface area contributed by atoms with Crippen molar-refractivity contribution in [2.24, 2.45) is 0 Å². The summed E-state index contributed by atoms with van der Waals surface area (Å²) in [5.41, 5.74) is 5.28. The molecule has 1 saturated heterocycles. The molecule has 5 aromatic rings. The smallest absolute Gasteiger partial charge is 0.167 e. The molecule has 0 bridgehead atoms. The minimum absolute atomic E-state index is 0.261. The van der Waals surface area contributed by atoms with Crippen LogP contribution in [0.5, 0.6) is 5.75 Å². The van der Waals surface area contributed by atoms with Crippen LogP contribution in [-0.4, -0.2) is 70.0 Å². The maximum atomic E-state index is 10.6. The number of aliphatic hydroxyl groups excluding tert-OH is 1. The molecular formula is C32H34N4O3S. The highest BCUT2D eigenvalue weighted by molar-refractivity contribution is 7.18. The van der Waals surface area contributed by atoms with Crippen LogP contribution in [0.15, 0.2) is 83.4 Å². The lowest BCUT2D eigenvalue weighted by Gasteiger charge is -2.40. The minimum atomic E-state index is -0.557. The predicted octanol–water partition coefficient (Wildman–Crippen LogP) is 5.87. The molecule has 1 N–H and O–H groups in total.